The van der Waals surface area contributed by atoms with Crippen molar-refractivity contribution in [3.05, 3.63) is 6.42 Å². The van der Waals surface area contributed by atoms with Crippen LogP contribution in [0.5, 0.6) is 0 Å². The van der Waals surface area contributed by atoms with Crippen LogP contribution in [0, 0.1) is 24.2 Å². The predicted molar refractivity (Wildman–Crippen MR) is 48.1 cm³/mol. The van der Waals surface area contributed by atoms with Gasteiger partial charge in [-0.2, -0.15) is 0 Å². The van der Waals surface area contributed by atoms with Crippen molar-refractivity contribution in [2.45, 2.75) is 45.4 Å². The molecule has 2 aliphatic carbocycles. The smallest absolute Gasteiger partial charge is 0.0355 e. The van der Waals surface area contributed by atoms with Crippen molar-refractivity contribution < 1.29 is 0 Å². The van der Waals surface area contributed by atoms with Crippen LogP contribution in [0.1, 0.15) is 45.4 Å². The summed E-state index contributed by atoms with van der Waals surface area (Å²) >= 11 is 0. The molecule has 0 aromatic heterocycles. The quantitative estimate of drug-likeness (QED) is 0.497. The zero-order valence-electron chi connectivity index (χ0n) is 7.55. The highest BCUT2D eigenvalue weighted by Gasteiger charge is 2.32. The van der Waals surface area contributed by atoms with Gasteiger partial charge in [-0.25, -0.2) is 0 Å². The molecule has 0 heteroatoms. The van der Waals surface area contributed by atoms with Gasteiger partial charge in [0.1, 0.15) is 0 Å². The molecule has 0 bridgehead atoms. The van der Waals surface area contributed by atoms with Crippen LogP contribution in [-0.2, 0) is 0 Å². The standard InChI is InChI=1S/C11H19/c1-9-5-4-7-10-6-2-3-8-11(9)10/h5,9-11H,2-4,6-8H2,1H3. The second-order valence-corrected chi connectivity index (χ2v) is 4.38. The van der Waals surface area contributed by atoms with Crippen LogP contribution in [0.2, 0.25) is 0 Å². The highest BCUT2D eigenvalue weighted by atomic mass is 14.4. The fraction of sp³-hybridized carbons (Fsp3) is 0.909. The van der Waals surface area contributed by atoms with E-state index in [1.165, 1.54) is 38.5 Å². The van der Waals surface area contributed by atoms with Gasteiger partial charge in [-0.05, 0) is 43.4 Å². The zero-order chi connectivity index (χ0) is 7.68. The van der Waals surface area contributed by atoms with E-state index in [4.69, 9.17) is 0 Å². The Bertz CT molecular complexity index is 126. The maximum Gasteiger partial charge on any atom is -0.0355 e. The van der Waals surface area contributed by atoms with E-state index in [1.54, 1.807) is 0 Å². The highest BCUT2D eigenvalue weighted by Crippen LogP contribution is 2.42. The van der Waals surface area contributed by atoms with Crippen LogP contribution >= 0.6 is 0 Å². The molecule has 0 aromatic carbocycles. The Morgan fingerprint density at radius 2 is 1.91 bits per heavy atom. The van der Waals surface area contributed by atoms with Gasteiger partial charge in [-0.15, -0.1) is 0 Å². The van der Waals surface area contributed by atoms with Crippen molar-refractivity contribution in [2.24, 2.45) is 17.8 Å². The molecular formula is C11H19. The summed E-state index contributed by atoms with van der Waals surface area (Å²) in [4.78, 5) is 0. The average Bonchev–Trinajstić information content (AvgIpc) is 2.06. The topological polar surface area (TPSA) is 0 Å². The van der Waals surface area contributed by atoms with Gasteiger partial charge in [0.15, 0.2) is 0 Å². The molecule has 2 aliphatic rings. The third-order valence-corrected chi connectivity index (χ3v) is 3.72. The zero-order valence-corrected chi connectivity index (χ0v) is 7.55. The Morgan fingerprint density at radius 1 is 1.09 bits per heavy atom. The molecule has 0 aromatic rings. The summed E-state index contributed by atoms with van der Waals surface area (Å²) in [5.74, 6) is 3.09. The van der Waals surface area contributed by atoms with E-state index in [0.717, 1.165) is 17.8 Å². The first-order valence-electron chi connectivity index (χ1n) is 5.21. The van der Waals surface area contributed by atoms with Crippen LogP contribution < -0.4 is 0 Å². The minimum Gasteiger partial charge on any atom is -0.0620 e. The Balaban J connectivity index is 1.99. The van der Waals surface area contributed by atoms with Crippen molar-refractivity contribution >= 4 is 0 Å². The van der Waals surface area contributed by atoms with Gasteiger partial charge in [0.25, 0.3) is 0 Å². The lowest BCUT2D eigenvalue weighted by Gasteiger charge is -2.39. The van der Waals surface area contributed by atoms with Crippen LogP contribution in [-0.4, -0.2) is 0 Å². The van der Waals surface area contributed by atoms with Crippen molar-refractivity contribution in [1.29, 1.82) is 0 Å². The predicted octanol–water partition coefficient (Wildman–Crippen LogP) is 3.43. The van der Waals surface area contributed by atoms with E-state index in [0.29, 0.717) is 0 Å². The fourth-order valence-electron chi connectivity index (χ4n) is 3.03. The van der Waals surface area contributed by atoms with Crippen LogP contribution in [0.3, 0.4) is 0 Å². The molecule has 0 amide bonds. The third-order valence-electron chi connectivity index (χ3n) is 3.72. The second-order valence-electron chi connectivity index (χ2n) is 4.38. The Labute approximate surface area is 70.4 Å². The van der Waals surface area contributed by atoms with Gasteiger partial charge < -0.3 is 0 Å². The first-order chi connectivity index (χ1) is 5.38. The van der Waals surface area contributed by atoms with Crippen LogP contribution in [0.15, 0.2) is 0 Å². The molecule has 0 spiro atoms. The molecule has 2 fully saturated rings. The molecular weight excluding hydrogens is 132 g/mol. The second kappa shape index (κ2) is 3.16. The SMILES string of the molecule is CC1[CH]CCC2CCCCC12. The van der Waals surface area contributed by atoms with Gasteiger partial charge in [0.2, 0.25) is 0 Å². The third kappa shape index (κ3) is 1.45. The van der Waals surface area contributed by atoms with E-state index >= 15 is 0 Å². The van der Waals surface area contributed by atoms with E-state index in [1.807, 2.05) is 0 Å². The Morgan fingerprint density at radius 3 is 2.73 bits per heavy atom. The molecule has 2 saturated carbocycles. The van der Waals surface area contributed by atoms with Gasteiger partial charge in [0.05, 0.1) is 0 Å². The molecule has 63 valence electrons. The first-order valence-corrected chi connectivity index (χ1v) is 5.21. The van der Waals surface area contributed by atoms with E-state index in [2.05, 4.69) is 13.3 Å². The average molecular weight is 151 g/mol. The maximum absolute atomic E-state index is 2.55. The summed E-state index contributed by atoms with van der Waals surface area (Å²) in [6.07, 6.45) is 11.5. The van der Waals surface area contributed by atoms with Crippen molar-refractivity contribution in [1.82, 2.24) is 0 Å². The molecule has 0 N–H and O–H groups in total. The maximum atomic E-state index is 2.55. The molecule has 11 heavy (non-hydrogen) atoms. The molecule has 0 aliphatic heterocycles. The highest BCUT2D eigenvalue weighted by molar-refractivity contribution is 4.91. The normalized spacial score (nSPS) is 45.0. The summed E-state index contributed by atoms with van der Waals surface area (Å²) in [5.41, 5.74) is 0. The summed E-state index contributed by atoms with van der Waals surface area (Å²) < 4.78 is 0. The number of hydrogen-bond donors (Lipinski definition) is 0. The van der Waals surface area contributed by atoms with Crippen molar-refractivity contribution in [2.75, 3.05) is 0 Å². The Hall–Kier alpha value is 0. The summed E-state index contributed by atoms with van der Waals surface area (Å²) in [7, 11) is 0. The van der Waals surface area contributed by atoms with Crippen molar-refractivity contribution in [3.63, 3.8) is 0 Å². The van der Waals surface area contributed by atoms with Gasteiger partial charge >= 0.3 is 0 Å². The lowest BCUT2D eigenvalue weighted by Crippen LogP contribution is -2.29. The summed E-state index contributed by atoms with van der Waals surface area (Å²) in [5, 5.41) is 0. The summed E-state index contributed by atoms with van der Waals surface area (Å²) in [6.45, 7) is 2.42. The van der Waals surface area contributed by atoms with Crippen LogP contribution in [0.25, 0.3) is 0 Å². The monoisotopic (exact) mass is 151 g/mol. The Kier molecular flexibility index (Phi) is 2.20. The van der Waals surface area contributed by atoms with E-state index < -0.39 is 0 Å². The molecule has 0 saturated heterocycles. The molecule has 3 unspecified atom stereocenters. The lowest BCUT2D eigenvalue weighted by atomic mass is 9.66. The van der Waals surface area contributed by atoms with Gasteiger partial charge in [-0.3, -0.25) is 0 Å². The number of fused-ring (bicyclic) bond motifs is 1. The van der Waals surface area contributed by atoms with Gasteiger partial charge in [-0.1, -0.05) is 26.2 Å². The molecule has 0 nitrogen and oxygen atoms in total. The van der Waals surface area contributed by atoms with E-state index in [9.17, 15) is 0 Å². The lowest BCUT2D eigenvalue weighted by molar-refractivity contribution is 0.148. The van der Waals surface area contributed by atoms with Gasteiger partial charge in [0, 0.05) is 0 Å². The molecule has 2 rings (SSSR count). The molecule has 1 radical (unpaired) electrons. The largest absolute Gasteiger partial charge is 0.0620 e. The van der Waals surface area contributed by atoms with Crippen LogP contribution in [0.4, 0.5) is 0 Å². The minimum absolute atomic E-state index is 0.925. The number of hydrogen-bond acceptors (Lipinski definition) is 0. The van der Waals surface area contributed by atoms with E-state index in [-0.39, 0.29) is 0 Å². The summed E-state index contributed by atoms with van der Waals surface area (Å²) in [6, 6.07) is 0. The van der Waals surface area contributed by atoms with Crippen molar-refractivity contribution in [3.8, 4) is 0 Å². The first kappa shape index (κ1) is 7.64. The number of rotatable bonds is 0. The molecule has 3 atom stereocenters. The fourth-order valence-corrected chi connectivity index (χ4v) is 3.03. The minimum atomic E-state index is 0.925. The molecule has 0 heterocycles.